The van der Waals surface area contributed by atoms with Gasteiger partial charge in [0, 0.05) is 16.6 Å². The second kappa shape index (κ2) is 3.21. The van der Waals surface area contributed by atoms with Gasteiger partial charge in [0.05, 0.1) is 10.5 Å². The van der Waals surface area contributed by atoms with Crippen molar-refractivity contribution in [2.75, 3.05) is 0 Å². The summed E-state index contributed by atoms with van der Waals surface area (Å²) in [7, 11) is 0. The first-order chi connectivity index (χ1) is 6.59. The number of nitrogens with zero attached hydrogens (tertiary/aromatic N) is 1. The van der Waals surface area contributed by atoms with Gasteiger partial charge in [-0.25, -0.2) is 4.39 Å². The Morgan fingerprint density at radius 3 is 2.71 bits per heavy atom. The molecule has 3 heteroatoms. The molecule has 2 aromatic rings. The number of aryl methyl sites for hydroxylation is 2. The lowest BCUT2D eigenvalue weighted by Crippen LogP contribution is -1.90. The van der Waals surface area contributed by atoms with Crippen molar-refractivity contribution in [3.63, 3.8) is 0 Å². The van der Waals surface area contributed by atoms with E-state index in [1.54, 1.807) is 19.1 Å². The van der Waals surface area contributed by atoms with Crippen LogP contribution in [-0.4, -0.2) is 4.98 Å². The number of hydrogen-bond acceptors (Lipinski definition) is 1. The molecule has 0 spiro atoms. The molecule has 1 aromatic carbocycles. The molecule has 0 aliphatic heterocycles. The van der Waals surface area contributed by atoms with E-state index >= 15 is 0 Å². The predicted octanol–water partition coefficient (Wildman–Crippen LogP) is 3.64. The van der Waals surface area contributed by atoms with Crippen LogP contribution in [0.15, 0.2) is 18.2 Å². The Kier molecular flexibility index (Phi) is 2.16. The van der Waals surface area contributed by atoms with Gasteiger partial charge in [-0.1, -0.05) is 11.6 Å². The third kappa shape index (κ3) is 1.36. The van der Waals surface area contributed by atoms with Crippen LogP contribution in [0.25, 0.3) is 10.9 Å². The molecule has 0 unspecified atom stereocenters. The number of benzene rings is 1. The molecule has 0 atom stereocenters. The summed E-state index contributed by atoms with van der Waals surface area (Å²) in [6.45, 7) is 3.55. The number of pyridine rings is 1. The van der Waals surface area contributed by atoms with E-state index in [0.29, 0.717) is 16.1 Å². The summed E-state index contributed by atoms with van der Waals surface area (Å²) in [6.07, 6.45) is 0. The van der Waals surface area contributed by atoms with E-state index in [2.05, 4.69) is 4.98 Å². The molecule has 1 nitrogen and oxygen atoms in total. The summed E-state index contributed by atoms with van der Waals surface area (Å²) in [5, 5.41) is 1.42. The summed E-state index contributed by atoms with van der Waals surface area (Å²) in [6, 6.07) is 4.86. The predicted molar refractivity (Wildman–Crippen MR) is 56.2 cm³/mol. The molecule has 0 amide bonds. The Morgan fingerprint density at radius 2 is 2.00 bits per heavy atom. The van der Waals surface area contributed by atoms with Crippen molar-refractivity contribution in [2.24, 2.45) is 0 Å². The Morgan fingerprint density at radius 1 is 1.29 bits per heavy atom. The smallest absolute Gasteiger partial charge is 0.128 e. The Labute approximate surface area is 86.5 Å². The van der Waals surface area contributed by atoms with E-state index in [-0.39, 0.29) is 5.82 Å². The molecule has 72 valence electrons. The zero-order chi connectivity index (χ0) is 10.3. The number of halogens is 2. The quantitative estimate of drug-likeness (QED) is 0.646. The lowest BCUT2D eigenvalue weighted by atomic mass is 10.1. The summed E-state index contributed by atoms with van der Waals surface area (Å²) in [4.78, 5) is 4.27. The average Bonchev–Trinajstić information content (AvgIpc) is 2.12. The first-order valence-electron chi connectivity index (χ1n) is 4.31. The second-order valence-corrected chi connectivity index (χ2v) is 3.72. The van der Waals surface area contributed by atoms with Crippen molar-refractivity contribution in [3.05, 3.63) is 40.3 Å². The highest BCUT2D eigenvalue weighted by molar-refractivity contribution is 6.35. The first kappa shape index (κ1) is 9.41. The second-order valence-electron chi connectivity index (χ2n) is 3.31. The minimum Gasteiger partial charge on any atom is -0.253 e. The lowest BCUT2D eigenvalue weighted by molar-refractivity contribution is 0.620. The average molecular weight is 210 g/mol. The van der Waals surface area contributed by atoms with Crippen LogP contribution in [-0.2, 0) is 0 Å². The molecule has 0 aliphatic carbocycles. The van der Waals surface area contributed by atoms with Crippen LogP contribution < -0.4 is 0 Å². The van der Waals surface area contributed by atoms with Gasteiger partial charge in [0.2, 0.25) is 0 Å². The van der Waals surface area contributed by atoms with Gasteiger partial charge in [0.25, 0.3) is 0 Å². The lowest BCUT2D eigenvalue weighted by Gasteiger charge is -2.05. The van der Waals surface area contributed by atoms with Crippen molar-refractivity contribution in [3.8, 4) is 0 Å². The van der Waals surface area contributed by atoms with Crippen molar-refractivity contribution >= 4 is 22.5 Å². The third-order valence-corrected chi connectivity index (χ3v) is 2.56. The van der Waals surface area contributed by atoms with Gasteiger partial charge in [0.15, 0.2) is 0 Å². The Balaban J connectivity index is 2.95. The van der Waals surface area contributed by atoms with Gasteiger partial charge in [-0.15, -0.1) is 0 Å². The molecule has 0 bridgehead atoms. The number of hydrogen-bond donors (Lipinski definition) is 0. The van der Waals surface area contributed by atoms with Crippen LogP contribution in [0.5, 0.6) is 0 Å². The van der Waals surface area contributed by atoms with Crippen LogP contribution in [0, 0.1) is 19.7 Å². The van der Waals surface area contributed by atoms with E-state index in [1.165, 1.54) is 6.07 Å². The third-order valence-electron chi connectivity index (χ3n) is 2.25. The van der Waals surface area contributed by atoms with Crippen molar-refractivity contribution in [2.45, 2.75) is 13.8 Å². The fourth-order valence-corrected chi connectivity index (χ4v) is 1.79. The number of fused-ring (bicyclic) bond motifs is 1. The first-order valence-corrected chi connectivity index (χ1v) is 4.69. The standard InChI is InChI=1S/C11H9ClFN/c1-6-5-9(12)8-3-4-10(13)7(2)11(8)14-6/h3-5H,1-2H3. The summed E-state index contributed by atoms with van der Waals surface area (Å²) in [5.74, 6) is -0.244. The molecular formula is C11H9ClFN. The van der Waals surface area contributed by atoms with Crippen LogP contribution >= 0.6 is 11.6 Å². The van der Waals surface area contributed by atoms with E-state index in [1.807, 2.05) is 6.92 Å². The highest BCUT2D eigenvalue weighted by Gasteiger charge is 2.07. The number of aromatic nitrogens is 1. The van der Waals surface area contributed by atoms with E-state index in [4.69, 9.17) is 11.6 Å². The SMILES string of the molecule is Cc1cc(Cl)c2ccc(F)c(C)c2n1. The normalized spacial score (nSPS) is 10.9. The van der Waals surface area contributed by atoms with E-state index in [0.717, 1.165) is 11.1 Å². The minimum atomic E-state index is -0.244. The summed E-state index contributed by atoms with van der Waals surface area (Å²) < 4.78 is 13.2. The van der Waals surface area contributed by atoms with Crippen LogP contribution in [0.4, 0.5) is 4.39 Å². The molecule has 0 saturated carbocycles. The molecule has 1 aromatic heterocycles. The largest absolute Gasteiger partial charge is 0.253 e. The van der Waals surface area contributed by atoms with Crippen LogP contribution in [0.2, 0.25) is 5.02 Å². The Hall–Kier alpha value is -1.15. The zero-order valence-electron chi connectivity index (χ0n) is 7.94. The highest BCUT2D eigenvalue weighted by atomic mass is 35.5. The van der Waals surface area contributed by atoms with Crippen molar-refractivity contribution in [1.82, 2.24) is 4.98 Å². The molecular weight excluding hydrogens is 201 g/mol. The molecule has 0 aliphatic rings. The summed E-state index contributed by atoms with van der Waals surface area (Å²) in [5.41, 5.74) is 2.00. The van der Waals surface area contributed by atoms with Gasteiger partial charge < -0.3 is 0 Å². The molecule has 1 heterocycles. The fourth-order valence-electron chi connectivity index (χ4n) is 1.48. The topological polar surface area (TPSA) is 12.9 Å². The molecule has 2 rings (SSSR count). The fraction of sp³-hybridized carbons (Fsp3) is 0.182. The minimum absolute atomic E-state index is 0.244. The van der Waals surface area contributed by atoms with Crippen molar-refractivity contribution < 1.29 is 4.39 Å². The molecule has 0 radical (unpaired) electrons. The number of rotatable bonds is 0. The van der Waals surface area contributed by atoms with Gasteiger partial charge in [-0.2, -0.15) is 0 Å². The molecule has 0 saturated heterocycles. The van der Waals surface area contributed by atoms with E-state index < -0.39 is 0 Å². The highest BCUT2D eigenvalue weighted by Crippen LogP contribution is 2.26. The zero-order valence-corrected chi connectivity index (χ0v) is 8.69. The maximum atomic E-state index is 13.2. The summed E-state index contributed by atoms with van der Waals surface area (Å²) >= 11 is 6.02. The maximum Gasteiger partial charge on any atom is 0.128 e. The van der Waals surface area contributed by atoms with Crippen molar-refractivity contribution in [1.29, 1.82) is 0 Å². The molecule has 0 N–H and O–H groups in total. The molecule has 0 fully saturated rings. The van der Waals surface area contributed by atoms with Crippen LogP contribution in [0.1, 0.15) is 11.3 Å². The van der Waals surface area contributed by atoms with Gasteiger partial charge >= 0.3 is 0 Å². The maximum absolute atomic E-state index is 13.2. The van der Waals surface area contributed by atoms with Gasteiger partial charge in [-0.05, 0) is 32.0 Å². The Bertz CT molecular complexity index is 508. The van der Waals surface area contributed by atoms with Gasteiger partial charge in [0.1, 0.15) is 5.82 Å². The van der Waals surface area contributed by atoms with Gasteiger partial charge in [-0.3, -0.25) is 4.98 Å². The van der Waals surface area contributed by atoms with Crippen LogP contribution in [0.3, 0.4) is 0 Å². The monoisotopic (exact) mass is 209 g/mol. The molecule has 14 heavy (non-hydrogen) atoms. The van der Waals surface area contributed by atoms with E-state index in [9.17, 15) is 4.39 Å².